The molecule has 7 heteroatoms. The zero-order valence-electron chi connectivity index (χ0n) is 10.7. The molecule has 0 unspecified atom stereocenters. The normalized spacial score (nSPS) is 9.65. The molecule has 0 spiro atoms. The SMILES string of the molecule is COc1ccc(NC(=S)NNC(=O)c2ccsc2)cc1. The topological polar surface area (TPSA) is 62.4 Å². The highest BCUT2D eigenvalue weighted by molar-refractivity contribution is 7.80. The summed E-state index contributed by atoms with van der Waals surface area (Å²) < 4.78 is 5.06. The minimum absolute atomic E-state index is 0.231. The van der Waals surface area contributed by atoms with Crippen LogP contribution in [0.15, 0.2) is 41.1 Å². The van der Waals surface area contributed by atoms with E-state index in [4.69, 9.17) is 17.0 Å². The molecule has 1 amide bonds. The van der Waals surface area contributed by atoms with Gasteiger partial charge in [0.2, 0.25) is 0 Å². The summed E-state index contributed by atoms with van der Waals surface area (Å²) in [7, 11) is 1.61. The van der Waals surface area contributed by atoms with Gasteiger partial charge in [-0.1, -0.05) is 0 Å². The van der Waals surface area contributed by atoms with Gasteiger partial charge < -0.3 is 10.1 Å². The summed E-state index contributed by atoms with van der Waals surface area (Å²) in [6, 6.07) is 9.02. The summed E-state index contributed by atoms with van der Waals surface area (Å²) in [4.78, 5) is 11.7. The Morgan fingerprint density at radius 3 is 2.55 bits per heavy atom. The van der Waals surface area contributed by atoms with Crippen molar-refractivity contribution in [2.45, 2.75) is 0 Å². The lowest BCUT2D eigenvalue weighted by atomic mass is 10.3. The van der Waals surface area contributed by atoms with Crippen molar-refractivity contribution in [3.63, 3.8) is 0 Å². The molecule has 0 aliphatic heterocycles. The van der Waals surface area contributed by atoms with E-state index in [0.717, 1.165) is 11.4 Å². The van der Waals surface area contributed by atoms with E-state index in [1.54, 1.807) is 18.6 Å². The van der Waals surface area contributed by atoms with E-state index in [-0.39, 0.29) is 5.91 Å². The zero-order chi connectivity index (χ0) is 14.4. The smallest absolute Gasteiger partial charge is 0.270 e. The van der Waals surface area contributed by atoms with Crippen LogP contribution in [0.4, 0.5) is 5.69 Å². The van der Waals surface area contributed by atoms with Crippen LogP contribution < -0.4 is 20.9 Å². The maximum absolute atomic E-state index is 11.7. The highest BCUT2D eigenvalue weighted by Gasteiger charge is 2.05. The van der Waals surface area contributed by atoms with Crippen LogP contribution in [0.3, 0.4) is 0 Å². The maximum atomic E-state index is 11.7. The number of carbonyl (C=O) groups is 1. The van der Waals surface area contributed by atoms with Crippen molar-refractivity contribution in [3.05, 3.63) is 46.7 Å². The molecular weight excluding hydrogens is 294 g/mol. The van der Waals surface area contributed by atoms with Gasteiger partial charge >= 0.3 is 0 Å². The molecule has 5 nitrogen and oxygen atoms in total. The van der Waals surface area contributed by atoms with Gasteiger partial charge in [-0.25, -0.2) is 0 Å². The van der Waals surface area contributed by atoms with Gasteiger partial charge in [0.05, 0.1) is 12.7 Å². The number of thiophene rings is 1. The second kappa shape index (κ2) is 6.88. The Morgan fingerprint density at radius 2 is 1.95 bits per heavy atom. The van der Waals surface area contributed by atoms with Crippen LogP contribution in [0.2, 0.25) is 0 Å². The number of nitrogens with one attached hydrogen (secondary N) is 3. The van der Waals surface area contributed by atoms with Gasteiger partial charge in [-0.3, -0.25) is 15.6 Å². The minimum Gasteiger partial charge on any atom is -0.497 e. The first-order chi connectivity index (χ1) is 9.69. The second-order valence-corrected chi connectivity index (χ2v) is 4.96. The molecule has 1 heterocycles. The van der Waals surface area contributed by atoms with E-state index < -0.39 is 0 Å². The van der Waals surface area contributed by atoms with Crippen LogP contribution in [0.5, 0.6) is 5.75 Å². The molecule has 1 aromatic carbocycles. The van der Waals surface area contributed by atoms with Crippen LogP contribution in [-0.2, 0) is 0 Å². The molecule has 0 atom stereocenters. The number of hydrazine groups is 1. The summed E-state index contributed by atoms with van der Waals surface area (Å²) in [6.45, 7) is 0. The highest BCUT2D eigenvalue weighted by Crippen LogP contribution is 2.14. The molecule has 0 aliphatic carbocycles. The predicted octanol–water partition coefficient (Wildman–Crippen LogP) is 2.39. The molecule has 3 N–H and O–H groups in total. The fraction of sp³-hybridized carbons (Fsp3) is 0.0769. The van der Waals surface area contributed by atoms with Crippen LogP contribution >= 0.6 is 23.6 Å². The third-order valence-electron chi connectivity index (χ3n) is 2.42. The Labute approximate surface area is 125 Å². The van der Waals surface area contributed by atoms with E-state index >= 15 is 0 Å². The van der Waals surface area contributed by atoms with Crippen molar-refractivity contribution < 1.29 is 9.53 Å². The Kier molecular flexibility index (Phi) is 4.91. The summed E-state index contributed by atoms with van der Waals surface area (Å²) in [5, 5.41) is 6.85. The van der Waals surface area contributed by atoms with Crippen LogP contribution in [0.25, 0.3) is 0 Å². The van der Waals surface area contributed by atoms with Gasteiger partial charge in [-0.05, 0) is 47.9 Å². The third kappa shape index (κ3) is 3.94. The number of methoxy groups -OCH3 is 1. The van der Waals surface area contributed by atoms with Gasteiger partial charge in [0.15, 0.2) is 5.11 Å². The number of thiocarbonyl (C=S) groups is 1. The molecule has 104 valence electrons. The Hall–Kier alpha value is -2.12. The predicted molar refractivity (Wildman–Crippen MR) is 84.1 cm³/mol. The number of amides is 1. The molecule has 0 fully saturated rings. The Bertz CT molecular complexity index is 582. The average Bonchev–Trinajstić information content (AvgIpc) is 3.00. The molecule has 1 aromatic heterocycles. The molecule has 0 saturated heterocycles. The molecule has 0 bridgehead atoms. The molecule has 0 saturated carbocycles. The number of rotatable bonds is 3. The Morgan fingerprint density at radius 1 is 1.20 bits per heavy atom. The van der Waals surface area contributed by atoms with E-state index in [1.165, 1.54) is 11.3 Å². The number of anilines is 1. The first kappa shape index (κ1) is 14.3. The molecule has 2 aromatic rings. The molecule has 0 aliphatic rings. The third-order valence-corrected chi connectivity index (χ3v) is 3.31. The second-order valence-electron chi connectivity index (χ2n) is 3.77. The number of carbonyl (C=O) groups excluding carboxylic acids is 1. The van der Waals surface area contributed by atoms with E-state index in [0.29, 0.717) is 10.7 Å². The van der Waals surface area contributed by atoms with Gasteiger partial charge in [0.1, 0.15) is 5.75 Å². The van der Waals surface area contributed by atoms with Gasteiger partial charge in [-0.15, -0.1) is 0 Å². The average molecular weight is 307 g/mol. The van der Waals surface area contributed by atoms with E-state index in [2.05, 4.69) is 16.2 Å². The number of hydrogen-bond donors (Lipinski definition) is 3. The van der Waals surface area contributed by atoms with Crippen LogP contribution in [0, 0.1) is 0 Å². The first-order valence-electron chi connectivity index (χ1n) is 5.72. The molecule has 2 rings (SSSR count). The quantitative estimate of drug-likeness (QED) is 0.600. The lowest BCUT2D eigenvalue weighted by Crippen LogP contribution is -2.43. The van der Waals surface area contributed by atoms with E-state index in [1.807, 2.05) is 29.6 Å². The number of benzene rings is 1. The van der Waals surface area contributed by atoms with Crippen molar-refractivity contribution in [2.24, 2.45) is 0 Å². The van der Waals surface area contributed by atoms with E-state index in [9.17, 15) is 4.79 Å². The van der Waals surface area contributed by atoms with Gasteiger partial charge in [0.25, 0.3) is 5.91 Å². The Balaban J connectivity index is 1.81. The number of ether oxygens (including phenoxy) is 1. The molecule has 0 radical (unpaired) electrons. The maximum Gasteiger partial charge on any atom is 0.270 e. The summed E-state index contributed by atoms with van der Waals surface area (Å²) >= 11 is 6.54. The van der Waals surface area contributed by atoms with Gasteiger partial charge in [-0.2, -0.15) is 11.3 Å². The van der Waals surface area contributed by atoms with Crippen LogP contribution in [-0.4, -0.2) is 18.1 Å². The van der Waals surface area contributed by atoms with Crippen molar-refractivity contribution in [2.75, 3.05) is 12.4 Å². The highest BCUT2D eigenvalue weighted by atomic mass is 32.1. The first-order valence-corrected chi connectivity index (χ1v) is 7.08. The fourth-order valence-corrected chi connectivity index (χ4v) is 2.22. The zero-order valence-corrected chi connectivity index (χ0v) is 12.3. The number of hydrogen-bond acceptors (Lipinski definition) is 4. The van der Waals surface area contributed by atoms with Crippen molar-refractivity contribution >= 4 is 40.3 Å². The lowest BCUT2D eigenvalue weighted by molar-refractivity contribution is 0.0944. The summed E-state index contributed by atoms with van der Waals surface area (Å²) in [5.41, 5.74) is 6.55. The standard InChI is InChI=1S/C13H13N3O2S2/c1-18-11-4-2-10(3-5-11)14-13(19)16-15-12(17)9-6-7-20-8-9/h2-8H,1H3,(H,15,17)(H2,14,16,19). The minimum atomic E-state index is -0.231. The van der Waals surface area contributed by atoms with Crippen molar-refractivity contribution in [1.29, 1.82) is 0 Å². The monoisotopic (exact) mass is 307 g/mol. The molecule has 20 heavy (non-hydrogen) atoms. The fourth-order valence-electron chi connectivity index (χ4n) is 1.42. The largest absolute Gasteiger partial charge is 0.497 e. The lowest BCUT2D eigenvalue weighted by Gasteiger charge is -2.11. The summed E-state index contributed by atoms with van der Waals surface area (Å²) in [5.74, 6) is 0.533. The van der Waals surface area contributed by atoms with Gasteiger partial charge in [0, 0.05) is 11.1 Å². The van der Waals surface area contributed by atoms with Crippen molar-refractivity contribution in [1.82, 2.24) is 10.9 Å². The molecular formula is C13H13N3O2S2. The summed E-state index contributed by atoms with van der Waals surface area (Å²) in [6.07, 6.45) is 0. The van der Waals surface area contributed by atoms with Crippen LogP contribution in [0.1, 0.15) is 10.4 Å². The van der Waals surface area contributed by atoms with Crippen molar-refractivity contribution in [3.8, 4) is 5.75 Å².